The molecule has 0 amide bonds. The molecule has 4 heteroatoms. The summed E-state index contributed by atoms with van der Waals surface area (Å²) in [5.74, 6) is 0.247. The molecule has 0 heterocycles. The van der Waals surface area contributed by atoms with Gasteiger partial charge in [-0.05, 0) is 25.6 Å². The van der Waals surface area contributed by atoms with E-state index in [1.807, 2.05) is 7.05 Å². The van der Waals surface area contributed by atoms with E-state index in [0.29, 0.717) is 6.42 Å². The van der Waals surface area contributed by atoms with Gasteiger partial charge in [0.2, 0.25) is 0 Å². The van der Waals surface area contributed by atoms with Crippen LogP contribution in [0.5, 0.6) is 0 Å². The highest BCUT2D eigenvalue weighted by atomic mass is 19.3. The minimum atomic E-state index is -2.73. The predicted molar refractivity (Wildman–Crippen MR) is 41.8 cm³/mol. The fourth-order valence-corrected chi connectivity index (χ4v) is 1.01. The van der Waals surface area contributed by atoms with Crippen LogP contribution in [0, 0.1) is 0 Å². The Bertz CT molecular complexity index is 201. The molecule has 0 saturated heterocycles. The molecule has 1 atom stereocenters. The lowest BCUT2D eigenvalue weighted by Gasteiger charge is -2.15. The van der Waals surface area contributed by atoms with E-state index in [1.54, 1.807) is 18.2 Å². The highest BCUT2D eigenvalue weighted by Crippen LogP contribution is 2.14. The highest BCUT2D eigenvalue weighted by Gasteiger charge is 2.09. The summed E-state index contributed by atoms with van der Waals surface area (Å²) in [5, 5.41) is 3.00. The Hall–Kier alpha value is -0.900. The van der Waals surface area contributed by atoms with Crippen LogP contribution < -0.4 is 5.32 Å². The van der Waals surface area contributed by atoms with Gasteiger partial charge < -0.3 is 10.1 Å². The molecular formula is C8H11F2NO. The predicted octanol–water partition coefficient (Wildman–Crippen LogP) is 1.66. The number of rotatable bonds is 3. The fraction of sp³-hybridized carbons (Fsp3) is 0.500. The third-order valence-electron chi connectivity index (χ3n) is 1.66. The highest BCUT2D eigenvalue weighted by molar-refractivity contribution is 5.20. The van der Waals surface area contributed by atoms with Gasteiger partial charge in [0.15, 0.2) is 0 Å². The van der Waals surface area contributed by atoms with Gasteiger partial charge in [-0.15, -0.1) is 0 Å². The van der Waals surface area contributed by atoms with Crippen LogP contribution in [0.1, 0.15) is 6.42 Å². The van der Waals surface area contributed by atoms with Crippen molar-refractivity contribution >= 4 is 0 Å². The summed E-state index contributed by atoms with van der Waals surface area (Å²) in [5.41, 5.74) is 0. The number of alkyl halides is 2. The van der Waals surface area contributed by atoms with Crippen LogP contribution in [0.2, 0.25) is 0 Å². The summed E-state index contributed by atoms with van der Waals surface area (Å²) in [4.78, 5) is 0. The summed E-state index contributed by atoms with van der Waals surface area (Å²) < 4.78 is 27.6. The van der Waals surface area contributed by atoms with E-state index in [-0.39, 0.29) is 11.8 Å². The average molecular weight is 175 g/mol. The van der Waals surface area contributed by atoms with Crippen molar-refractivity contribution in [1.82, 2.24) is 5.32 Å². The first-order valence-corrected chi connectivity index (χ1v) is 3.73. The molecular weight excluding hydrogens is 164 g/mol. The van der Waals surface area contributed by atoms with Crippen LogP contribution in [0.25, 0.3) is 0 Å². The van der Waals surface area contributed by atoms with Gasteiger partial charge >= 0.3 is 6.61 Å². The molecule has 1 N–H and O–H groups in total. The molecule has 1 unspecified atom stereocenters. The Kier molecular flexibility index (Phi) is 3.22. The van der Waals surface area contributed by atoms with Crippen molar-refractivity contribution in [3.05, 3.63) is 24.0 Å². The number of allylic oxidation sites excluding steroid dienone is 1. The molecule has 0 fully saturated rings. The van der Waals surface area contributed by atoms with Gasteiger partial charge in [-0.2, -0.15) is 8.78 Å². The SMILES string of the molecule is CNC1C=CC(OC(F)F)=CC1. The molecule has 0 saturated carbocycles. The van der Waals surface area contributed by atoms with Crippen molar-refractivity contribution in [1.29, 1.82) is 0 Å². The van der Waals surface area contributed by atoms with Gasteiger partial charge in [0.25, 0.3) is 0 Å². The third-order valence-corrected chi connectivity index (χ3v) is 1.66. The number of nitrogens with one attached hydrogen (secondary N) is 1. The summed E-state index contributed by atoms with van der Waals surface area (Å²) in [7, 11) is 1.82. The lowest BCUT2D eigenvalue weighted by atomic mass is 10.1. The van der Waals surface area contributed by atoms with E-state index in [4.69, 9.17) is 0 Å². The Morgan fingerprint density at radius 1 is 1.67 bits per heavy atom. The maximum absolute atomic E-state index is 11.7. The molecule has 0 radical (unpaired) electrons. The zero-order valence-corrected chi connectivity index (χ0v) is 6.76. The van der Waals surface area contributed by atoms with Gasteiger partial charge in [-0.25, -0.2) is 0 Å². The molecule has 2 nitrogen and oxygen atoms in total. The van der Waals surface area contributed by atoms with E-state index in [2.05, 4.69) is 10.1 Å². The second-order valence-electron chi connectivity index (χ2n) is 2.47. The maximum atomic E-state index is 11.7. The molecule has 0 spiro atoms. The van der Waals surface area contributed by atoms with Crippen LogP contribution in [-0.2, 0) is 4.74 Å². The number of hydrogen-bond donors (Lipinski definition) is 1. The van der Waals surface area contributed by atoms with Gasteiger partial charge in [-0.1, -0.05) is 6.08 Å². The lowest BCUT2D eigenvalue weighted by molar-refractivity contribution is -0.0925. The summed E-state index contributed by atoms with van der Waals surface area (Å²) in [6.45, 7) is -2.73. The first-order chi connectivity index (χ1) is 5.72. The maximum Gasteiger partial charge on any atom is 0.387 e. The Labute approximate surface area is 69.9 Å². The second-order valence-corrected chi connectivity index (χ2v) is 2.47. The molecule has 0 aromatic carbocycles. The molecule has 68 valence electrons. The zero-order chi connectivity index (χ0) is 8.97. The van der Waals surface area contributed by atoms with E-state index in [9.17, 15) is 8.78 Å². The van der Waals surface area contributed by atoms with Crippen LogP contribution in [0.3, 0.4) is 0 Å². The lowest BCUT2D eigenvalue weighted by Crippen LogP contribution is -2.23. The number of halogens is 2. The monoisotopic (exact) mass is 175 g/mol. The van der Waals surface area contributed by atoms with Crippen LogP contribution in [0.15, 0.2) is 24.0 Å². The Balaban J connectivity index is 2.41. The minimum absolute atomic E-state index is 0.232. The van der Waals surface area contributed by atoms with E-state index in [0.717, 1.165) is 0 Å². The largest absolute Gasteiger partial charge is 0.435 e. The van der Waals surface area contributed by atoms with E-state index < -0.39 is 6.61 Å². The van der Waals surface area contributed by atoms with Crippen molar-refractivity contribution < 1.29 is 13.5 Å². The first-order valence-electron chi connectivity index (χ1n) is 3.73. The molecule has 1 aliphatic carbocycles. The topological polar surface area (TPSA) is 21.3 Å². The molecule has 1 aliphatic rings. The average Bonchev–Trinajstić information content (AvgIpc) is 2.05. The van der Waals surface area contributed by atoms with E-state index in [1.165, 1.54) is 0 Å². The molecule has 12 heavy (non-hydrogen) atoms. The molecule has 0 bridgehead atoms. The molecule has 0 aromatic rings. The van der Waals surface area contributed by atoms with Crippen molar-refractivity contribution in [2.75, 3.05) is 7.05 Å². The normalized spacial score (nSPS) is 22.7. The number of likely N-dealkylation sites (N-methyl/N-ethyl adjacent to an activating group) is 1. The summed E-state index contributed by atoms with van der Waals surface area (Å²) in [6, 6.07) is 0.232. The van der Waals surface area contributed by atoms with Crippen molar-refractivity contribution in [2.45, 2.75) is 19.1 Å². The van der Waals surface area contributed by atoms with Gasteiger partial charge in [0.1, 0.15) is 5.76 Å². The quantitative estimate of drug-likeness (QED) is 0.704. The fourth-order valence-electron chi connectivity index (χ4n) is 1.01. The van der Waals surface area contributed by atoms with Crippen molar-refractivity contribution in [2.24, 2.45) is 0 Å². The Morgan fingerprint density at radius 3 is 2.83 bits per heavy atom. The van der Waals surface area contributed by atoms with Crippen molar-refractivity contribution in [3.63, 3.8) is 0 Å². The smallest absolute Gasteiger partial charge is 0.387 e. The van der Waals surface area contributed by atoms with Gasteiger partial charge in [-0.3, -0.25) is 0 Å². The summed E-state index contributed by atoms with van der Waals surface area (Å²) >= 11 is 0. The zero-order valence-electron chi connectivity index (χ0n) is 6.76. The molecule has 0 aliphatic heterocycles. The minimum Gasteiger partial charge on any atom is -0.435 e. The van der Waals surface area contributed by atoms with Gasteiger partial charge in [0.05, 0.1) is 0 Å². The van der Waals surface area contributed by atoms with Crippen LogP contribution in [0.4, 0.5) is 8.78 Å². The number of ether oxygens (including phenoxy) is 1. The second kappa shape index (κ2) is 4.21. The third kappa shape index (κ3) is 2.62. The standard InChI is InChI=1S/C8H11F2NO/c1-11-6-2-4-7(5-3-6)12-8(9)10/h2,4-6,8,11H,3H2,1H3. The number of hydrogen-bond acceptors (Lipinski definition) is 2. The molecule has 0 aromatic heterocycles. The van der Waals surface area contributed by atoms with E-state index >= 15 is 0 Å². The Morgan fingerprint density at radius 2 is 2.42 bits per heavy atom. The van der Waals surface area contributed by atoms with Gasteiger partial charge in [0, 0.05) is 6.04 Å². The summed E-state index contributed by atoms with van der Waals surface area (Å²) in [6.07, 6.45) is 5.69. The van der Waals surface area contributed by atoms with Crippen LogP contribution in [-0.4, -0.2) is 19.7 Å². The first kappa shape index (κ1) is 9.19. The molecule has 1 rings (SSSR count). The van der Waals surface area contributed by atoms with Crippen molar-refractivity contribution in [3.8, 4) is 0 Å². The van der Waals surface area contributed by atoms with Crippen LogP contribution >= 0.6 is 0 Å².